The van der Waals surface area contributed by atoms with Gasteiger partial charge < -0.3 is 10.3 Å². The number of nitrogens with one attached hydrogen (secondary N) is 2. The van der Waals surface area contributed by atoms with E-state index >= 15 is 0 Å². The van der Waals surface area contributed by atoms with Crippen LogP contribution in [-0.2, 0) is 0 Å². The molecular formula is C25H27N3. The molecule has 2 aliphatic carbocycles. The molecule has 142 valence electrons. The van der Waals surface area contributed by atoms with Crippen LogP contribution in [0.15, 0.2) is 72.3 Å². The number of fused-ring (bicyclic) bond motifs is 1. The van der Waals surface area contributed by atoms with Crippen molar-refractivity contribution in [2.75, 3.05) is 5.32 Å². The summed E-state index contributed by atoms with van der Waals surface area (Å²) in [5.74, 6) is 1.78. The number of allylic oxidation sites excluding steroid dienone is 2. The molecule has 2 aliphatic rings. The van der Waals surface area contributed by atoms with Gasteiger partial charge in [-0.1, -0.05) is 61.4 Å². The van der Waals surface area contributed by atoms with E-state index < -0.39 is 0 Å². The molecule has 0 spiro atoms. The van der Waals surface area contributed by atoms with Crippen LogP contribution < -0.4 is 5.32 Å². The lowest BCUT2D eigenvalue weighted by Gasteiger charge is -2.23. The van der Waals surface area contributed by atoms with E-state index in [1.54, 1.807) is 0 Å². The number of imidazole rings is 1. The molecule has 0 radical (unpaired) electrons. The summed E-state index contributed by atoms with van der Waals surface area (Å²) in [6.45, 7) is 0. The first-order chi connectivity index (χ1) is 13.9. The summed E-state index contributed by atoms with van der Waals surface area (Å²) in [5.41, 5.74) is 5.96. The maximum Gasteiger partial charge on any atom is 0.110 e. The van der Waals surface area contributed by atoms with Crippen LogP contribution in [0.1, 0.15) is 61.9 Å². The second-order valence-electron chi connectivity index (χ2n) is 8.01. The van der Waals surface area contributed by atoms with Gasteiger partial charge in [0.15, 0.2) is 0 Å². The smallest absolute Gasteiger partial charge is 0.110 e. The Morgan fingerprint density at radius 2 is 1.86 bits per heavy atom. The number of benzene rings is 2. The van der Waals surface area contributed by atoms with Crippen LogP contribution in [0.5, 0.6) is 0 Å². The number of rotatable bonds is 5. The number of anilines is 1. The average Bonchev–Trinajstić information content (AvgIpc) is 3.42. The molecule has 1 fully saturated rings. The zero-order valence-electron chi connectivity index (χ0n) is 16.2. The molecule has 0 aliphatic heterocycles. The highest BCUT2D eigenvalue weighted by Crippen LogP contribution is 2.34. The molecule has 1 atom stereocenters. The van der Waals surface area contributed by atoms with E-state index in [2.05, 4.69) is 77.1 Å². The molecule has 3 nitrogen and oxygen atoms in total. The van der Waals surface area contributed by atoms with Crippen LogP contribution in [0, 0.1) is 0 Å². The fraction of sp³-hybridized carbons (Fsp3) is 0.320. The van der Waals surface area contributed by atoms with E-state index in [0.717, 1.165) is 29.6 Å². The monoisotopic (exact) mass is 369 g/mol. The quantitative estimate of drug-likeness (QED) is 0.528. The largest absolute Gasteiger partial charge is 0.374 e. The molecule has 5 rings (SSSR count). The minimum Gasteiger partial charge on any atom is -0.374 e. The standard InChI is InChI=1S/C25H27N3/c1-3-9-18(10-4-1)24(19-11-5-2-6-12-19)26-21-15-16-22-23(17-21)28-25(27-22)20-13-7-8-14-20/h1,3-5,9-12,15-17,20,24,26H,2,6-8,13-14H2,(H,27,28). The predicted molar refractivity (Wildman–Crippen MR) is 117 cm³/mol. The van der Waals surface area contributed by atoms with Crippen molar-refractivity contribution in [2.24, 2.45) is 0 Å². The lowest BCUT2D eigenvalue weighted by Crippen LogP contribution is -2.13. The molecule has 1 aromatic heterocycles. The fourth-order valence-corrected chi connectivity index (χ4v) is 4.53. The van der Waals surface area contributed by atoms with Crippen molar-refractivity contribution in [2.45, 2.75) is 50.5 Å². The van der Waals surface area contributed by atoms with Crippen LogP contribution in [0.4, 0.5) is 5.69 Å². The van der Waals surface area contributed by atoms with E-state index in [4.69, 9.17) is 4.98 Å². The molecule has 28 heavy (non-hydrogen) atoms. The molecule has 0 bridgehead atoms. The third kappa shape index (κ3) is 3.49. The van der Waals surface area contributed by atoms with Crippen molar-refractivity contribution < 1.29 is 0 Å². The fourth-order valence-electron chi connectivity index (χ4n) is 4.53. The van der Waals surface area contributed by atoms with Gasteiger partial charge in [-0.3, -0.25) is 0 Å². The first-order valence-corrected chi connectivity index (χ1v) is 10.5. The molecule has 3 heteroatoms. The van der Waals surface area contributed by atoms with Gasteiger partial charge in [-0.2, -0.15) is 0 Å². The minimum atomic E-state index is 0.160. The Balaban J connectivity index is 1.45. The van der Waals surface area contributed by atoms with Gasteiger partial charge in [0.2, 0.25) is 0 Å². The normalized spacial score (nSPS) is 18.4. The molecule has 0 saturated heterocycles. The van der Waals surface area contributed by atoms with E-state index in [1.165, 1.54) is 42.6 Å². The van der Waals surface area contributed by atoms with Crippen LogP contribution in [-0.4, -0.2) is 9.97 Å². The van der Waals surface area contributed by atoms with Gasteiger partial charge in [0.25, 0.3) is 0 Å². The molecule has 0 amide bonds. The summed E-state index contributed by atoms with van der Waals surface area (Å²) >= 11 is 0. The third-order valence-corrected chi connectivity index (χ3v) is 6.04. The van der Waals surface area contributed by atoms with Gasteiger partial charge in [-0.25, -0.2) is 4.98 Å². The Labute approximate surface area is 166 Å². The van der Waals surface area contributed by atoms with Gasteiger partial charge >= 0.3 is 0 Å². The molecule has 3 aromatic rings. The Hall–Kier alpha value is -2.81. The number of nitrogens with zero attached hydrogens (tertiary/aromatic N) is 1. The second kappa shape index (κ2) is 7.67. The number of hydrogen-bond donors (Lipinski definition) is 2. The summed E-state index contributed by atoms with van der Waals surface area (Å²) in [7, 11) is 0. The van der Waals surface area contributed by atoms with Crippen molar-refractivity contribution in [1.82, 2.24) is 9.97 Å². The molecule has 1 heterocycles. The number of aromatic amines is 1. The van der Waals surface area contributed by atoms with Crippen LogP contribution in [0.3, 0.4) is 0 Å². The lowest BCUT2D eigenvalue weighted by atomic mass is 9.94. The van der Waals surface area contributed by atoms with Gasteiger partial charge in [0.1, 0.15) is 5.82 Å². The Morgan fingerprint density at radius 3 is 2.64 bits per heavy atom. The molecular weight excluding hydrogens is 342 g/mol. The van der Waals surface area contributed by atoms with Crippen molar-refractivity contribution in [3.8, 4) is 0 Å². The Morgan fingerprint density at radius 1 is 1.00 bits per heavy atom. The van der Waals surface area contributed by atoms with Crippen LogP contribution >= 0.6 is 0 Å². The van der Waals surface area contributed by atoms with Crippen molar-refractivity contribution >= 4 is 16.7 Å². The number of H-pyrrole nitrogens is 1. The van der Waals surface area contributed by atoms with E-state index in [-0.39, 0.29) is 6.04 Å². The van der Waals surface area contributed by atoms with Gasteiger partial charge in [0, 0.05) is 11.6 Å². The van der Waals surface area contributed by atoms with Crippen molar-refractivity contribution in [3.63, 3.8) is 0 Å². The Kier molecular flexibility index (Phi) is 4.74. The van der Waals surface area contributed by atoms with Gasteiger partial charge in [0.05, 0.1) is 17.1 Å². The van der Waals surface area contributed by atoms with E-state index in [0.29, 0.717) is 5.92 Å². The van der Waals surface area contributed by atoms with Crippen molar-refractivity contribution in [3.05, 3.63) is 83.7 Å². The molecule has 1 unspecified atom stereocenters. The Bertz CT molecular complexity index is 1010. The topological polar surface area (TPSA) is 40.7 Å². The first kappa shape index (κ1) is 17.3. The number of hydrogen-bond acceptors (Lipinski definition) is 2. The second-order valence-corrected chi connectivity index (χ2v) is 8.01. The molecule has 1 saturated carbocycles. The molecule has 2 aromatic carbocycles. The van der Waals surface area contributed by atoms with Gasteiger partial charge in [-0.15, -0.1) is 0 Å². The highest BCUT2D eigenvalue weighted by Gasteiger charge is 2.21. The maximum absolute atomic E-state index is 4.86. The van der Waals surface area contributed by atoms with Gasteiger partial charge in [-0.05, 0) is 55.0 Å². The maximum atomic E-state index is 4.86. The molecule has 2 N–H and O–H groups in total. The summed E-state index contributed by atoms with van der Waals surface area (Å²) in [5, 5.41) is 3.77. The van der Waals surface area contributed by atoms with E-state index in [9.17, 15) is 0 Å². The average molecular weight is 370 g/mol. The predicted octanol–water partition coefficient (Wildman–Crippen LogP) is 6.65. The summed E-state index contributed by atoms with van der Waals surface area (Å²) < 4.78 is 0. The zero-order chi connectivity index (χ0) is 18.8. The van der Waals surface area contributed by atoms with Crippen LogP contribution in [0.25, 0.3) is 11.0 Å². The first-order valence-electron chi connectivity index (χ1n) is 10.5. The van der Waals surface area contributed by atoms with E-state index in [1.807, 2.05) is 0 Å². The summed E-state index contributed by atoms with van der Waals surface area (Å²) in [6.07, 6.45) is 14.3. The zero-order valence-corrected chi connectivity index (χ0v) is 16.2. The van der Waals surface area contributed by atoms with Crippen LogP contribution in [0.2, 0.25) is 0 Å². The minimum absolute atomic E-state index is 0.160. The summed E-state index contributed by atoms with van der Waals surface area (Å²) in [4.78, 5) is 8.45. The number of aromatic nitrogens is 2. The van der Waals surface area contributed by atoms with Crippen molar-refractivity contribution in [1.29, 1.82) is 0 Å². The highest BCUT2D eigenvalue weighted by molar-refractivity contribution is 5.79. The summed E-state index contributed by atoms with van der Waals surface area (Å²) in [6, 6.07) is 17.4. The lowest BCUT2D eigenvalue weighted by molar-refractivity contribution is 0.681. The third-order valence-electron chi connectivity index (χ3n) is 6.04. The SMILES string of the molecule is C1=CC(C(Nc2ccc3nc(C4CCCC4)[nH]c3c2)c2ccccc2)=CCC1. The highest BCUT2D eigenvalue weighted by atomic mass is 15.0.